The maximum atomic E-state index is 12.6. The second-order valence-corrected chi connectivity index (χ2v) is 7.48. The van der Waals surface area contributed by atoms with Crippen molar-refractivity contribution in [3.63, 3.8) is 0 Å². The SMILES string of the molecule is CCCC(=O)Nc1ccc(C)c(S(=O)(=O)Nc2ccc(Cl)cc2)c1. The van der Waals surface area contributed by atoms with Crippen LogP contribution in [0.2, 0.25) is 5.02 Å². The summed E-state index contributed by atoms with van der Waals surface area (Å²) in [5.41, 5.74) is 1.46. The molecule has 0 aromatic heterocycles. The van der Waals surface area contributed by atoms with E-state index in [0.29, 0.717) is 28.4 Å². The van der Waals surface area contributed by atoms with Gasteiger partial charge >= 0.3 is 0 Å². The van der Waals surface area contributed by atoms with Gasteiger partial charge in [0, 0.05) is 22.8 Å². The maximum absolute atomic E-state index is 12.6. The lowest BCUT2D eigenvalue weighted by molar-refractivity contribution is -0.116. The summed E-state index contributed by atoms with van der Waals surface area (Å²) in [6, 6.07) is 11.2. The van der Waals surface area contributed by atoms with Crippen molar-refractivity contribution in [2.75, 3.05) is 10.0 Å². The van der Waals surface area contributed by atoms with E-state index in [9.17, 15) is 13.2 Å². The average molecular weight is 367 g/mol. The van der Waals surface area contributed by atoms with Crippen LogP contribution in [-0.4, -0.2) is 14.3 Å². The quantitative estimate of drug-likeness (QED) is 0.804. The van der Waals surface area contributed by atoms with E-state index in [-0.39, 0.29) is 10.8 Å². The number of hydrogen-bond donors (Lipinski definition) is 2. The third-order valence-corrected chi connectivity index (χ3v) is 5.11. The second-order valence-electron chi connectivity index (χ2n) is 5.39. The number of nitrogens with one attached hydrogen (secondary N) is 2. The molecule has 2 rings (SSSR count). The van der Waals surface area contributed by atoms with E-state index in [2.05, 4.69) is 10.0 Å². The lowest BCUT2D eigenvalue weighted by atomic mass is 10.2. The Morgan fingerprint density at radius 3 is 2.33 bits per heavy atom. The topological polar surface area (TPSA) is 75.3 Å². The molecule has 0 spiro atoms. The summed E-state index contributed by atoms with van der Waals surface area (Å²) in [5, 5.41) is 3.23. The zero-order valence-electron chi connectivity index (χ0n) is 13.5. The van der Waals surface area contributed by atoms with E-state index in [0.717, 1.165) is 6.42 Å². The molecule has 0 unspecified atom stereocenters. The molecule has 0 aliphatic carbocycles. The van der Waals surface area contributed by atoms with Crippen LogP contribution in [0.15, 0.2) is 47.4 Å². The molecule has 0 saturated carbocycles. The number of sulfonamides is 1. The van der Waals surface area contributed by atoms with E-state index in [4.69, 9.17) is 11.6 Å². The second kappa shape index (κ2) is 7.68. The summed E-state index contributed by atoms with van der Waals surface area (Å²) in [7, 11) is -3.77. The number of aryl methyl sites for hydroxylation is 1. The van der Waals surface area contributed by atoms with Crippen molar-refractivity contribution in [1.82, 2.24) is 0 Å². The van der Waals surface area contributed by atoms with Gasteiger partial charge in [-0.15, -0.1) is 0 Å². The van der Waals surface area contributed by atoms with Crippen LogP contribution in [0.3, 0.4) is 0 Å². The fraction of sp³-hybridized carbons (Fsp3) is 0.235. The first kappa shape index (κ1) is 18.3. The predicted octanol–water partition coefficient (Wildman–Crippen LogP) is 4.19. The van der Waals surface area contributed by atoms with Crippen molar-refractivity contribution in [3.8, 4) is 0 Å². The third kappa shape index (κ3) is 4.72. The van der Waals surface area contributed by atoms with Crippen molar-refractivity contribution in [2.24, 2.45) is 0 Å². The van der Waals surface area contributed by atoms with Gasteiger partial charge in [-0.1, -0.05) is 24.6 Å². The highest BCUT2D eigenvalue weighted by Gasteiger charge is 2.18. The molecule has 0 heterocycles. The minimum atomic E-state index is -3.77. The average Bonchev–Trinajstić information content (AvgIpc) is 2.51. The van der Waals surface area contributed by atoms with Crippen molar-refractivity contribution >= 4 is 38.9 Å². The molecule has 0 fully saturated rings. The van der Waals surface area contributed by atoms with Gasteiger partial charge < -0.3 is 5.32 Å². The molecule has 2 aromatic rings. The number of benzene rings is 2. The van der Waals surface area contributed by atoms with Crippen LogP contribution in [-0.2, 0) is 14.8 Å². The number of amides is 1. The number of halogens is 1. The summed E-state index contributed by atoms with van der Waals surface area (Å²) in [6.45, 7) is 3.61. The lowest BCUT2D eigenvalue weighted by Gasteiger charge is -2.12. The monoisotopic (exact) mass is 366 g/mol. The molecule has 5 nitrogen and oxygen atoms in total. The summed E-state index contributed by atoms with van der Waals surface area (Å²) in [6.07, 6.45) is 1.11. The van der Waals surface area contributed by atoms with Crippen LogP contribution < -0.4 is 10.0 Å². The first-order valence-corrected chi connectivity index (χ1v) is 9.37. The van der Waals surface area contributed by atoms with Gasteiger partial charge in [-0.3, -0.25) is 9.52 Å². The zero-order chi connectivity index (χ0) is 17.7. The van der Waals surface area contributed by atoms with Gasteiger partial charge in [0.25, 0.3) is 10.0 Å². The molecule has 0 aliphatic rings. The van der Waals surface area contributed by atoms with E-state index in [1.807, 2.05) is 6.92 Å². The molecule has 1 amide bonds. The fourth-order valence-electron chi connectivity index (χ4n) is 2.15. The van der Waals surface area contributed by atoms with Crippen LogP contribution in [0, 0.1) is 6.92 Å². The Morgan fingerprint density at radius 2 is 1.71 bits per heavy atom. The Hall–Kier alpha value is -2.05. The summed E-state index contributed by atoms with van der Waals surface area (Å²) in [4.78, 5) is 11.8. The molecule has 128 valence electrons. The molecule has 0 saturated heterocycles. The zero-order valence-corrected chi connectivity index (χ0v) is 15.0. The molecule has 0 aliphatic heterocycles. The van der Waals surface area contributed by atoms with Crippen LogP contribution in [0.1, 0.15) is 25.3 Å². The van der Waals surface area contributed by atoms with Gasteiger partial charge in [-0.05, 0) is 55.3 Å². The Balaban J connectivity index is 2.28. The molecular formula is C17H19ClN2O3S. The molecular weight excluding hydrogens is 348 g/mol. The van der Waals surface area contributed by atoms with Crippen LogP contribution in [0.25, 0.3) is 0 Å². The minimum Gasteiger partial charge on any atom is -0.326 e. The Kier molecular flexibility index (Phi) is 5.85. The molecule has 0 atom stereocenters. The Bertz CT molecular complexity index is 833. The third-order valence-electron chi connectivity index (χ3n) is 3.33. The number of hydrogen-bond acceptors (Lipinski definition) is 3. The number of anilines is 2. The van der Waals surface area contributed by atoms with Gasteiger partial charge in [-0.25, -0.2) is 8.42 Å². The Labute approximate surface area is 147 Å². The highest BCUT2D eigenvalue weighted by Crippen LogP contribution is 2.24. The lowest BCUT2D eigenvalue weighted by Crippen LogP contribution is -2.16. The van der Waals surface area contributed by atoms with E-state index in [1.165, 1.54) is 6.07 Å². The van der Waals surface area contributed by atoms with Crippen molar-refractivity contribution in [3.05, 3.63) is 53.1 Å². The van der Waals surface area contributed by atoms with E-state index >= 15 is 0 Å². The smallest absolute Gasteiger partial charge is 0.262 e. The first-order chi connectivity index (χ1) is 11.3. The van der Waals surface area contributed by atoms with Gasteiger partial charge in [0.05, 0.1) is 4.90 Å². The Morgan fingerprint density at radius 1 is 1.08 bits per heavy atom. The fourth-order valence-corrected chi connectivity index (χ4v) is 3.60. The van der Waals surface area contributed by atoms with Crippen LogP contribution in [0.4, 0.5) is 11.4 Å². The van der Waals surface area contributed by atoms with Crippen molar-refractivity contribution < 1.29 is 13.2 Å². The highest BCUT2D eigenvalue weighted by molar-refractivity contribution is 7.92. The van der Waals surface area contributed by atoms with Gasteiger partial charge in [0.1, 0.15) is 0 Å². The van der Waals surface area contributed by atoms with E-state index < -0.39 is 10.0 Å². The molecule has 2 N–H and O–H groups in total. The van der Waals surface area contributed by atoms with Crippen molar-refractivity contribution in [2.45, 2.75) is 31.6 Å². The number of carbonyl (C=O) groups is 1. The minimum absolute atomic E-state index is 0.117. The van der Waals surface area contributed by atoms with Crippen molar-refractivity contribution in [1.29, 1.82) is 0 Å². The maximum Gasteiger partial charge on any atom is 0.262 e. The van der Waals surface area contributed by atoms with Crippen LogP contribution >= 0.6 is 11.6 Å². The van der Waals surface area contributed by atoms with E-state index in [1.54, 1.807) is 43.3 Å². The van der Waals surface area contributed by atoms with Gasteiger partial charge in [0.15, 0.2) is 0 Å². The normalized spacial score (nSPS) is 11.1. The summed E-state index contributed by atoms with van der Waals surface area (Å²) in [5.74, 6) is -0.143. The predicted molar refractivity (Wildman–Crippen MR) is 97.0 cm³/mol. The standard InChI is InChI=1S/C17H19ClN2O3S/c1-3-4-17(21)19-15-8-5-12(2)16(11-15)24(22,23)20-14-9-6-13(18)7-10-14/h5-11,20H,3-4H2,1-2H3,(H,19,21). The van der Waals surface area contributed by atoms with Gasteiger partial charge in [0.2, 0.25) is 5.91 Å². The molecule has 2 aromatic carbocycles. The molecule has 24 heavy (non-hydrogen) atoms. The molecule has 0 radical (unpaired) electrons. The largest absolute Gasteiger partial charge is 0.326 e. The summed E-state index contributed by atoms with van der Waals surface area (Å²) < 4.78 is 27.7. The first-order valence-electron chi connectivity index (χ1n) is 7.50. The molecule has 7 heteroatoms. The van der Waals surface area contributed by atoms with Crippen LogP contribution in [0.5, 0.6) is 0 Å². The number of carbonyl (C=O) groups excluding carboxylic acids is 1. The van der Waals surface area contributed by atoms with Gasteiger partial charge in [-0.2, -0.15) is 0 Å². The summed E-state index contributed by atoms with van der Waals surface area (Å²) >= 11 is 5.80. The number of rotatable bonds is 6. The molecule has 0 bridgehead atoms. The highest BCUT2D eigenvalue weighted by atomic mass is 35.5.